The number of carbonyl (C=O) groups is 1. The normalized spacial score (nSPS) is 16.2. The lowest BCUT2D eigenvalue weighted by Crippen LogP contribution is -2.26. The van der Waals surface area contributed by atoms with Crippen LogP contribution in [0.25, 0.3) is 0 Å². The molecule has 0 saturated carbocycles. The van der Waals surface area contributed by atoms with Gasteiger partial charge in [-0.25, -0.2) is 9.37 Å². The molecule has 2 heterocycles. The summed E-state index contributed by atoms with van der Waals surface area (Å²) in [6.45, 7) is 1.78. The van der Waals surface area contributed by atoms with Crippen LogP contribution in [-0.2, 0) is 0 Å². The van der Waals surface area contributed by atoms with Gasteiger partial charge in [-0.05, 0) is 36.8 Å². The Kier molecular flexibility index (Phi) is 5.59. The smallest absolute Gasteiger partial charge is 0.253 e. The van der Waals surface area contributed by atoms with Crippen molar-refractivity contribution in [3.05, 3.63) is 52.9 Å². The van der Waals surface area contributed by atoms with Crippen molar-refractivity contribution in [1.29, 1.82) is 0 Å². The van der Waals surface area contributed by atoms with E-state index in [9.17, 15) is 9.18 Å². The summed E-state index contributed by atoms with van der Waals surface area (Å²) >= 11 is 5.86. The Balaban J connectivity index is 1.57. The quantitative estimate of drug-likeness (QED) is 0.792. The number of nitrogens with zero attached hydrogens (tertiary/aromatic N) is 2. The van der Waals surface area contributed by atoms with E-state index in [1.54, 1.807) is 24.3 Å². The maximum Gasteiger partial charge on any atom is 0.253 e. The van der Waals surface area contributed by atoms with E-state index in [0.717, 1.165) is 25.2 Å². The highest BCUT2D eigenvalue weighted by atomic mass is 35.5. The monoisotopic (exact) mass is 372 g/mol. The van der Waals surface area contributed by atoms with Crippen LogP contribution in [0.5, 0.6) is 0 Å². The molecule has 0 radical (unpaired) electrons. The van der Waals surface area contributed by atoms with E-state index in [1.807, 2.05) is 0 Å². The lowest BCUT2D eigenvalue weighted by Gasteiger charge is -2.19. The summed E-state index contributed by atoms with van der Waals surface area (Å²) in [6.07, 6.45) is 7.55. The van der Waals surface area contributed by atoms with Crippen LogP contribution >= 0.6 is 11.6 Å². The third kappa shape index (κ3) is 4.24. The van der Waals surface area contributed by atoms with Crippen LogP contribution in [0.2, 0.25) is 5.02 Å². The Bertz CT molecular complexity index is 834. The molecule has 2 aromatic rings. The lowest BCUT2D eigenvalue weighted by atomic mass is 10.2. The fourth-order valence-electron chi connectivity index (χ4n) is 2.85. The molecule has 5 nitrogen and oxygen atoms in total. The number of nitrogens with one attached hydrogen (secondary N) is 2. The van der Waals surface area contributed by atoms with Crippen LogP contribution in [0, 0.1) is 18.2 Å². The predicted octanol–water partition coefficient (Wildman–Crippen LogP) is 2.93. The van der Waals surface area contributed by atoms with E-state index in [2.05, 4.69) is 26.4 Å². The summed E-state index contributed by atoms with van der Waals surface area (Å²) in [5, 5.41) is 6.07. The number of benzene rings is 1. The molecule has 1 atom stereocenters. The van der Waals surface area contributed by atoms with Gasteiger partial charge in [-0.2, -0.15) is 0 Å². The first kappa shape index (κ1) is 18.0. The van der Waals surface area contributed by atoms with Crippen molar-refractivity contribution in [2.45, 2.75) is 12.5 Å². The number of hydrogen-bond acceptors (Lipinski definition) is 4. The van der Waals surface area contributed by atoms with Gasteiger partial charge >= 0.3 is 0 Å². The van der Waals surface area contributed by atoms with Gasteiger partial charge in [0, 0.05) is 31.0 Å². The van der Waals surface area contributed by atoms with Crippen LogP contribution in [0.1, 0.15) is 16.8 Å². The molecular weight excluding hydrogens is 355 g/mol. The Hall–Kier alpha value is -2.78. The predicted molar refractivity (Wildman–Crippen MR) is 101 cm³/mol. The van der Waals surface area contributed by atoms with Crippen LogP contribution < -0.4 is 15.5 Å². The molecular formula is C19H18ClFN4O. The number of hydrogen-bond donors (Lipinski definition) is 2. The van der Waals surface area contributed by atoms with Crippen LogP contribution in [0.15, 0.2) is 36.5 Å². The van der Waals surface area contributed by atoms with Gasteiger partial charge in [0.05, 0.1) is 17.1 Å². The minimum atomic E-state index is -0.417. The molecule has 0 aliphatic carbocycles. The second-order valence-corrected chi connectivity index (χ2v) is 6.40. The zero-order valence-corrected chi connectivity index (χ0v) is 14.8. The second kappa shape index (κ2) is 8.07. The summed E-state index contributed by atoms with van der Waals surface area (Å²) in [7, 11) is 0. The number of amides is 1. The highest BCUT2D eigenvalue weighted by Crippen LogP contribution is 2.26. The lowest BCUT2D eigenvalue weighted by molar-refractivity contribution is 0.0958. The minimum absolute atomic E-state index is 0.124. The minimum Gasteiger partial charge on any atom is -0.369 e. The molecule has 2 N–H and O–H groups in total. The number of halogens is 2. The molecule has 134 valence electrons. The first-order chi connectivity index (χ1) is 12.6. The fourth-order valence-corrected chi connectivity index (χ4v) is 3.03. The third-order valence-corrected chi connectivity index (χ3v) is 4.47. The molecule has 0 bridgehead atoms. The number of aromatic nitrogens is 1. The van der Waals surface area contributed by atoms with Gasteiger partial charge in [0.15, 0.2) is 0 Å². The molecule has 1 unspecified atom stereocenters. The molecule has 0 spiro atoms. The molecule has 1 aromatic heterocycles. The topological polar surface area (TPSA) is 57.3 Å². The van der Waals surface area contributed by atoms with Gasteiger partial charge < -0.3 is 15.5 Å². The first-order valence-electron chi connectivity index (χ1n) is 8.21. The first-order valence-corrected chi connectivity index (χ1v) is 8.59. The molecule has 1 saturated heterocycles. The number of anilines is 2. The van der Waals surface area contributed by atoms with E-state index in [-0.39, 0.29) is 23.5 Å². The van der Waals surface area contributed by atoms with Crippen molar-refractivity contribution in [1.82, 2.24) is 10.3 Å². The van der Waals surface area contributed by atoms with Crippen molar-refractivity contribution < 1.29 is 9.18 Å². The number of pyridine rings is 1. The summed E-state index contributed by atoms with van der Waals surface area (Å²) in [6, 6.07) is 8.42. The number of rotatable bonds is 5. The second-order valence-electron chi connectivity index (χ2n) is 5.99. The zero-order valence-electron chi connectivity index (χ0n) is 14.0. The van der Waals surface area contributed by atoms with Crippen molar-refractivity contribution in [3.63, 3.8) is 0 Å². The van der Waals surface area contributed by atoms with E-state index < -0.39 is 5.82 Å². The van der Waals surface area contributed by atoms with Gasteiger partial charge in [-0.3, -0.25) is 4.79 Å². The van der Waals surface area contributed by atoms with Crippen LogP contribution in [0.4, 0.5) is 15.9 Å². The van der Waals surface area contributed by atoms with Gasteiger partial charge in [0.2, 0.25) is 0 Å². The Morgan fingerprint density at radius 2 is 2.27 bits per heavy atom. The third-order valence-electron chi connectivity index (χ3n) is 4.19. The molecule has 1 amide bonds. The fraction of sp³-hybridized carbons (Fsp3) is 0.263. The summed E-state index contributed by atoms with van der Waals surface area (Å²) in [4.78, 5) is 18.2. The van der Waals surface area contributed by atoms with E-state index in [1.165, 1.54) is 12.3 Å². The standard InChI is InChI=1S/C19H18ClFN4O/c1-2-8-22-19(26)13-3-6-18(23-11-13)24-14-7-9-25(12-14)15-4-5-17(21)16(20)10-15/h1,3-6,10-11,14H,7-9,12H2,(H,22,26)(H,23,24). The van der Waals surface area contributed by atoms with Gasteiger partial charge in [-0.15, -0.1) is 6.42 Å². The van der Waals surface area contributed by atoms with Crippen LogP contribution in [0.3, 0.4) is 0 Å². The Labute approximate surface area is 156 Å². The van der Waals surface area contributed by atoms with Gasteiger partial charge in [0.1, 0.15) is 11.6 Å². The van der Waals surface area contributed by atoms with Crippen molar-refractivity contribution in [2.75, 3.05) is 29.9 Å². The van der Waals surface area contributed by atoms with Gasteiger partial charge in [0.25, 0.3) is 5.91 Å². The van der Waals surface area contributed by atoms with E-state index >= 15 is 0 Å². The average Bonchev–Trinajstić information content (AvgIpc) is 3.11. The zero-order chi connectivity index (χ0) is 18.5. The van der Waals surface area contributed by atoms with E-state index in [4.69, 9.17) is 18.0 Å². The van der Waals surface area contributed by atoms with Gasteiger partial charge in [-0.1, -0.05) is 17.5 Å². The molecule has 1 aliphatic rings. The Morgan fingerprint density at radius 1 is 1.42 bits per heavy atom. The Morgan fingerprint density at radius 3 is 2.96 bits per heavy atom. The molecule has 7 heteroatoms. The van der Waals surface area contributed by atoms with Crippen molar-refractivity contribution >= 4 is 29.0 Å². The maximum atomic E-state index is 13.3. The van der Waals surface area contributed by atoms with Crippen molar-refractivity contribution in [3.8, 4) is 12.3 Å². The molecule has 1 fully saturated rings. The largest absolute Gasteiger partial charge is 0.369 e. The summed E-state index contributed by atoms with van der Waals surface area (Å²) in [5.74, 6) is 2.39. The SMILES string of the molecule is C#CCNC(=O)c1ccc(NC2CCN(c3ccc(F)c(Cl)c3)C2)nc1. The summed E-state index contributed by atoms with van der Waals surface area (Å²) < 4.78 is 13.3. The van der Waals surface area contributed by atoms with E-state index in [0.29, 0.717) is 11.4 Å². The number of carbonyl (C=O) groups excluding carboxylic acids is 1. The highest BCUT2D eigenvalue weighted by molar-refractivity contribution is 6.31. The van der Waals surface area contributed by atoms with Crippen LogP contribution in [-0.4, -0.2) is 36.6 Å². The maximum absolute atomic E-state index is 13.3. The highest BCUT2D eigenvalue weighted by Gasteiger charge is 2.23. The summed E-state index contributed by atoms with van der Waals surface area (Å²) in [5.41, 5.74) is 1.36. The molecule has 1 aliphatic heterocycles. The molecule has 1 aromatic carbocycles. The molecule has 3 rings (SSSR count). The average molecular weight is 373 g/mol. The van der Waals surface area contributed by atoms with Crippen molar-refractivity contribution in [2.24, 2.45) is 0 Å². The number of terminal acetylenes is 1. The molecule has 26 heavy (non-hydrogen) atoms.